The number of imidazole rings is 1. The minimum atomic E-state index is 0.586. The Morgan fingerprint density at radius 1 is 1.15 bits per heavy atom. The van der Waals surface area contributed by atoms with E-state index in [1.54, 1.807) is 0 Å². The van der Waals surface area contributed by atoms with Gasteiger partial charge in [0.2, 0.25) is 0 Å². The topological polar surface area (TPSA) is 28.7 Å². The van der Waals surface area contributed by atoms with Crippen molar-refractivity contribution in [2.24, 2.45) is 11.8 Å². The Hall–Kier alpha value is -1.09. The molecule has 1 saturated carbocycles. The maximum absolute atomic E-state index is 4.66. The molecule has 0 bridgehead atoms. The average Bonchev–Trinajstić information content (AvgIpc) is 2.92. The fraction of sp³-hybridized carbons (Fsp3) is 0.471. The number of nitrogens with one attached hydrogen (secondary N) is 1. The van der Waals surface area contributed by atoms with Gasteiger partial charge in [0.25, 0.3) is 0 Å². The molecular formula is C17H21BrN2. The average molecular weight is 333 g/mol. The van der Waals surface area contributed by atoms with E-state index in [4.69, 9.17) is 0 Å². The van der Waals surface area contributed by atoms with Gasteiger partial charge in [-0.25, -0.2) is 4.98 Å². The lowest BCUT2D eigenvalue weighted by Crippen LogP contribution is -2.20. The van der Waals surface area contributed by atoms with Crippen LogP contribution in [0.4, 0.5) is 0 Å². The highest BCUT2D eigenvalue weighted by Gasteiger charge is 2.28. The molecule has 0 saturated heterocycles. The van der Waals surface area contributed by atoms with Crippen LogP contribution in [0.25, 0.3) is 11.3 Å². The van der Waals surface area contributed by atoms with E-state index in [0.29, 0.717) is 5.92 Å². The monoisotopic (exact) mass is 332 g/mol. The van der Waals surface area contributed by atoms with Gasteiger partial charge in [0.15, 0.2) is 0 Å². The standard InChI is InChI=1S/C17H21BrN2/c1-11-3-4-12(2)15(9-11)17-19-10-16(20-17)13-5-7-14(18)8-6-13/h5-8,10-12,15H,3-4,9H2,1-2H3,(H,19,20)/t11-,12+,15-/m0/s1. The molecule has 3 atom stereocenters. The van der Waals surface area contributed by atoms with Crippen LogP contribution in [0.3, 0.4) is 0 Å². The van der Waals surface area contributed by atoms with Crippen molar-refractivity contribution in [1.82, 2.24) is 9.97 Å². The predicted octanol–water partition coefficient (Wildman–Crippen LogP) is 5.38. The van der Waals surface area contributed by atoms with Crippen molar-refractivity contribution in [3.8, 4) is 11.3 Å². The quantitative estimate of drug-likeness (QED) is 0.785. The van der Waals surface area contributed by atoms with Gasteiger partial charge >= 0.3 is 0 Å². The Labute approximate surface area is 129 Å². The molecule has 0 aliphatic heterocycles. The van der Waals surface area contributed by atoms with Crippen LogP contribution in [0.2, 0.25) is 0 Å². The number of halogens is 1. The molecule has 1 N–H and O–H groups in total. The summed E-state index contributed by atoms with van der Waals surface area (Å²) in [7, 11) is 0. The Morgan fingerprint density at radius 2 is 1.90 bits per heavy atom. The van der Waals surface area contributed by atoms with E-state index in [9.17, 15) is 0 Å². The van der Waals surface area contributed by atoms with Gasteiger partial charge in [-0.1, -0.05) is 48.3 Å². The van der Waals surface area contributed by atoms with Crippen molar-refractivity contribution in [3.63, 3.8) is 0 Å². The van der Waals surface area contributed by atoms with Crippen LogP contribution in [0.15, 0.2) is 34.9 Å². The Kier molecular flexibility index (Phi) is 3.97. The summed E-state index contributed by atoms with van der Waals surface area (Å²) in [5.74, 6) is 3.30. The van der Waals surface area contributed by atoms with E-state index in [2.05, 4.69) is 64.0 Å². The van der Waals surface area contributed by atoms with Crippen molar-refractivity contribution in [2.75, 3.05) is 0 Å². The molecule has 3 heteroatoms. The number of rotatable bonds is 2. The Balaban J connectivity index is 1.84. The van der Waals surface area contributed by atoms with Crippen LogP contribution in [0.5, 0.6) is 0 Å². The number of aromatic amines is 1. The van der Waals surface area contributed by atoms with Gasteiger partial charge in [-0.2, -0.15) is 0 Å². The lowest BCUT2D eigenvalue weighted by Gasteiger charge is -2.31. The minimum Gasteiger partial charge on any atom is -0.342 e. The molecule has 1 aromatic heterocycles. The highest BCUT2D eigenvalue weighted by molar-refractivity contribution is 9.10. The summed E-state index contributed by atoms with van der Waals surface area (Å²) >= 11 is 3.47. The molecule has 1 aliphatic carbocycles. The number of aromatic nitrogens is 2. The van der Waals surface area contributed by atoms with Gasteiger partial charge in [-0.3, -0.25) is 0 Å². The summed E-state index contributed by atoms with van der Waals surface area (Å²) in [6.45, 7) is 4.72. The van der Waals surface area contributed by atoms with Crippen LogP contribution < -0.4 is 0 Å². The number of H-pyrrole nitrogens is 1. The number of hydrogen-bond acceptors (Lipinski definition) is 1. The molecule has 1 aliphatic rings. The largest absolute Gasteiger partial charge is 0.342 e. The molecular weight excluding hydrogens is 312 g/mol. The molecule has 0 amide bonds. The zero-order chi connectivity index (χ0) is 14.1. The van der Waals surface area contributed by atoms with Gasteiger partial charge in [-0.15, -0.1) is 0 Å². The summed E-state index contributed by atoms with van der Waals surface area (Å²) < 4.78 is 1.11. The summed E-state index contributed by atoms with van der Waals surface area (Å²) in [5.41, 5.74) is 2.32. The second kappa shape index (κ2) is 5.72. The second-order valence-corrected chi connectivity index (χ2v) is 7.11. The molecule has 0 spiro atoms. The fourth-order valence-corrected chi connectivity index (χ4v) is 3.48. The first kappa shape index (κ1) is 13.9. The Morgan fingerprint density at radius 3 is 2.65 bits per heavy atom. The maximum atomic E-state index is 4.66. The van der Waals surface area contributed by atoms with Crippen LogP contribution in [0.1, 0.15) is 44.9 Å². The molecule has 3 rings (SSSR count). The first-order valence-corrected chi connectivity index (χ1v) is 8.23. The smallest absolute Gasteiger partial charge is 0.109 e. The molecule has 20 heavy (non-hydrogen) atoms. The maximum Gasteiger partial charge on any atom is 0.109 e. The lowest BCUT2D eigenvalue weighted by atomic mass is 9.75. The molecule has 2 nitrogen and oxygen atoms in total. The van der Waals surface area contributed by atoms with Crippen LogP contribution >= 0.6 is 15.9 Å². The first-order valence-electron chi connectivity index (χ1n) is 7.44. The van der Waals surface area contributed by atoms with E-state index >= 15 is 0 Å². The number of nitrogens with zero attached hydrogens (tertiary/aromatic N) is 1. The highest BCUT2D eigenvalue weighted by Crippen LogP contribution is 2.39. The van der Waals surface area contributed by atoms with Gasteiger partial charge < -0.3 is 4.98 Å². The fourth-order valence-electron chi connectivity index (χ4n) is 3.21. The normalized spacial score (nSPS) is 26.6. The van der Waals surface area contributed by atoms with E-state index in [1.807, 2.05) is 6.20 Å². The van der Waals surface area contributed by atoms with Crippen LogP contribution in [0, 0.1) is 11.8 Å². The molecule has 2 aromatic rings. The zero-order valence-electron chi connectivity index (χ0n) is 12.1. The number of benzene rings is 1. The van der Waals surface area contributed by atoms with Gasteiger partial charge in [0, 0.05) is 10.4 Å². The van der Waals surface area contributed by atoms with E-state index < -0.39 is 0 Å². The van der Waals surface area contributed by atoms with Crippen LogP contribution in [-0.4, -0.2) is 9.97 Å². The molecule has 1 heterocycles. The van der Waals surface area contributed by atoms with Crippen molar-refractivity contribution in [2.45, 2.75) is 39.0 Å². The van der Waals surface area contributed by atoms with Gasteiger partial charge in [-0.05, 0) is 42.4 Å². The van der Waals surface area contributed by atoms with E-state index in [1.165, 1.54) is 30.7 Å². The SMILES string of the molecule is C[C@H]1CC[C@@H](C)[C@@H](c2ncc(-c3ccc(Br)cc3)[nH]2)C1. The third-order valence-corrected chi connectivity index (χ3v) is 5.09. The van der Waals surface area contributed by atoms with Crippen LogP contribution in [-0.2, 0) is 0 Å². The molecule has 0 radical (unpaired) electrons. The summed E-state index contributed by atoms with van der Waals surface area (Å²) in [5, 5.41) is 0. The van der Waals surface area contributed by atoms with Crippen molar-refractivity contribution < 1.29 is 0 Å². The third-order valence-electron chi connectivity index (χ3n) is 4.56. The van der Waals surface area contributed by atoms with Gasteiger partial charge in [0.05, 0.1) is 11.9 Å². The van der Waals surface area contributed by atoms with Crippen molar-refractivity contribution >= 4 is 15.9 Å². The summed E-state index contributed by atoms with van der Waals surface area (Å²) in [6.07, 6.45) is 5.91. The highest BCUT2D eigenvalue weighted by atomic mass is 79.9. The van der Waals surface area contributed by atoms with Gasteiger partial charge in [0.1, 0.15) is 5.82 Å². The Bertz CT molecular complexity index is 573. The molecule has 106 valence electrons. The summed E-state index contributed by atoms with van der Waals surface area (Å²) in [6, 6.07) is 8.38. The van der Waals surface area contributed by atoms with E-state index in [-0.39, 0.29) is 0 Å². The zero-order valence-corrected chi connectivity index (χ0v) is 13.7. The predicted molar refractivity (Wildman–Crippen MR) is 86.6 cm³/mol. The van der Waals surface area contributed by atoms with E-state index in [0.717, 1.165) is 22.0 Å². The minimum absolute atomic E-state index is 0.586. The first-order chi connectivity index (χ1) is 9.63. The molecule has 1 aromatic carbocycles. The molecule has 0 unspecified atom stereocenters. The second-order valence-electron chi connectivity index (χ2n) is 6.19. The van der Waals surface area contributed by atoms with Crippen molar-refractivity contribution in [3.05, 3.63) is 40.8 Å². The van der Waals surface area contributed by atoms with Crippen molar-refractivity contribution in [1.29, 1.82) is 0 Å². The molecule has 1 fully saturated rings. The third kappa shape index (κ3) is 2.83. The number of hydrogen-bond donors (Lipinski definition) is 1. The summed E-state index contributed by atoms with van der Waals surface area (Å²) in [4.78, 5) is 8.20. The lowest BCUT2D eigenvalue weighted by molar-refractivity contribution is 0.258.